The lowest BCUT2D eigenvalue weighted by Gasteiger charge is -2.08. The van der Waals surface area contributed by atoms with Gasteiger partial charge in [0.05, 0.1) is 0 Å². The van der Waals surface area contributed by atoms with Gasteiger partial charge in [-0.15, -0.1) is 0 Å². The lowest BCUT2D eigenvalue weighted by molar-refractivity contribution is 0.101. The first kappa shape index (κ1) is 14.5. The van der Waals surface area contributed by atoms with E-state index in [4.69, 9.17) is 0 Å². The number of carbonyl (C=O) groups excluding carboxylic acids is 1. The zero-order chi connectivity index (χ0) is 14.5. The maximum absolute atomic E-state index is 11.7. The molecule has 0 fully saturated rings. The van der Waals surface area contributed by atoms with Crippen LogP contribution >= 0.6 is 0 Å². The number of aryl methyl sites for hydroxylation is 4. The first-order valence-corrected chi connectivity index (χ1v) is 7.22. The lowest BCUT2D eigenvalue weighted by atomic mass is 9.96. The number of Topliss-reactive ketones (excluding diaryl/α,β-unsaturated/α-hetero) is 1. The van der Waals surface area contributed by atoms with Crippen LogP contribution in [0, 0.1) is 13.8 Å². The van der Waals surface area contributed by atoms with E-state index in [9.17, 15) is 4.79 Å². The Morgan fingerprint density at radius 3 is 2.40 bits per heavy atom. The van der Waals surface area contributed by atoms with Crippen molar-refractivity contribution in [3.8, 4) is 0 Å². The topological polar surface area (TPSA) is 17.1 Å². The van der Waals surface area contributed by atoms with Gasteiger partial charge < -0.3 is 0 Å². The molecule has 0 unspecified atom stereocenters. The third-order valence-electron chi connectivity index (χ3n) is 3.64. The van der Waals surface area contributed by atoms with Gasteiger partial charge in [-0.2, -0.15) is 0 Å². The summed E-state index contributed by atoms with van der Waals surface area (Å²) < 4.78 is 0. The summed E-state index contributed by atoms with van der Waals surface area (Å²) in [5.41, 5.74) is 5.89. The van der Waals surface area contributed by atoms with Gasteiger partial charge in [0.2, 0.25) is 0 Å². The molecule has 0 aliphatic rings. The lowest BCUT2D eigenvalue weighted by Crippen LogP contribution is -2.01. The summed E-state index contributed by atoms with van der Waals surface area (Å²) in [6.07, 6.45) is 3.10. The van der Waals surface area contributed by atoms with Crippen molar-refractivity contribution in [2.75, 3.05) is 0 Å². The minimum absolute atomic E-state index is 0.166. The summed E-state index contributed by atoms with van der Waals surface area (Å²) in [6.45, 7) is 5.80. The van der Waals surface area contributed by atoms with Gasteiger partial charge in [0.25, 0.3) is 0 Å². The molecule has 0 aliphatic carbocycles. The second kappa shape index (κ2) is 6.51. The van der Waals surface area contributed by atoms with E-state index in [2.05, 4.69) is 43.3 Å². The van der Waals surface area contributed by atoms with Crippen molar-refractivity contribution in [2.24, 2.45) is 0 Å². The summed E-state index contributed by atoms with van der Waals surface area (Å²) >= 11 is 0. The Labute approximate surface area is 121 Å². The molecule has 0 saturated heterocycles. The van der Waals surface area contributed by atoms with E-state index in [1.807, 2.05) is 13.0 Å². The van der Waals surface area contributed by atoms with Crippen molar-refractivity contribution in [3.05, 3.63) is 70.3 Å². The van der Waals surface area contributed by atoms with Gasteiger partial charge in [0.1, 0.15) is 0 Å². The average molecular weight is 266 g/mol. The molecule has 0 saturated carbocycles. The van der Waals surface area contributed by atoms with Gasteiger partial charge >= 0.3 is 0 Å². The monoisotopic (exact) mass is 266 g/mol. The van der Waals surface area contributed by atoms with E-state index in [1.165, 1.54) is 16.7 Å². The molecule has 0 spiro atoms. The summed E-state index contributed by atoms with van der Waals surface area (Å²) in [4.78, 5) is 11.7. The molecule has 0 aliphatic heterocycles. The molecule has 1 heteroatoms. The smallest absolute Gasteiger partial charge is 0.160 e. The van der Waals surface area contributed by atoms with Gasteiger partial charge in [-0.1, -0.05) is 47.5 Å². The number of rotatable bonds is 5. The second-order valence-electron chi connectivity index (χ2n) is 5.56. The van der Waals surface area contributed by atoms with E-state index in [0.29, 0.717) is 0 Å². The van der Waals surface area contributed by atoms with Crippen LogP contribution in [0.25, 0.3) is 0 Å². The van der Waals surface area contributed by atoms with Gasteiger partial charge in [-0.05, 0) is 57.2 Å². The molecular weight excluding hydrogens is 244 g/mol. The quantitative estimate of drug-likeness (QED) is 0.718. The van der Waals surface area contributed by atoms with Crippen molar-refractivity contribution in [1.82, 2.24) is 0 Å². The molecule has 2 rings (SSSR count). The molecule has 0 heterocycles. The number of carbonyl (C=O) groups is 1. The van der Waals surface area contributed by atoms with Crippen LogP contribution < -0.4 is 0 Å². The zero-order valence-electron chi connectivity index (χ0n) is 12.6. The van der Waals surface area contributed by atoms with Crippen LogP contribution in [0.15, 0.2) is 42.5 Å². The molecule has 0 amide bonds. The maximum atomic E-state index is 11.7. The molecule has 0 radical (unpaired) electrons. The second-order valence-corrected chi connectivity index (χ2v) is 5.56. The van der Waals surface area contributed by atoms with Crippen molar-refractivity contribution in [1.29, 1.82) is 0 Å². The van der Waals surface area contributed by atoms with Crippen molar-refractivity contribution >= 4 is 5.78 Å². The fraction of sp³-hybridized carbons (Fsp3) is 0.316. The SMILES string of the molecule is CC(=O)c1cc(C)ccc1CCCc1cccc(C)c1. The number of ketones is 1. The Balaban J connectivity index is 2.02. The fourth-order valence-electron chi connectivity index (χ4n) is 2.59. The van der Waals surface area contributed by atoms with E-state index in [-0.39, 0.29) is 5.78 Å². The Morgan fingerprint density at radius 2 is 1.70 bits per heavy atom. The molecule has 0 N–H and O–H groups in total. The van der Waals surface area contributed by atoms with Crippen LogP contribution in [0.1, 0.15) is 46.0 Å². The highest BCUT2D eigenvalue weighted by Gasteiger charge is 2.07. The molecule has 2 aromatic rings. The number of benzene rings is 2. The van der Waals surface area contributed by atoms with Gasteiger partial charge in [-0.25, -0.2) is 0 Å². The Kier molecular flexibility index (Phi) is 4.73. The minimum atomic E-state index is 0.166. The van der Waals surface area contributed by atoms with Crippen LogP contribution in [-0.2, 0) is 12.8 Å². The number of hydrogen-bond acceptors (Lipinski definition) is 1. The van der Waals surface area contributed by atoms with Crippen LogP contribution in [0.5, 0.6) is 0 Å². The van der Waals surface area contributed by atoms with E-state index >= 15 is 0 Å². The Hall–Kier alpha value is -1.89. The maximum Gasteiger partial charge on any atom is 0.160 e. The van der Waals surface area contributed by atoms with Gasteiger partial charge in [0, 0.05) is 5.56 Å². The van der Waals surface area contributed by atoms with Crippen molar-refractivity contribution in [3.63, 3.8) is 0 Å². The van der Waals surface area contributed by atoms with Gasteiger partial charge in [0.15, 0.2) is 5.78 Å². The fourth-order valence-corrected chi connectivity index (χ4v) is 2.59. The highest BCUT2D eigenvalue weighted by Crippen LogP contribution is 2.16. The summed E-state index contributed by atoms with van der Waals surface area (Å²) in [7, 11) is 0. The minimum Gasteiger partial charge on any atom is -0.295 e. The predicted molar refractivity (Wildman–Crippen MR) is 84.4 cm³/mol. The normalized spacial score (nSPS) is 10.6. The Morgan fingerprint density at radius 1 is 0.950 bits per heavy atom. The first-order valence-electron chi connectivity index (χ1n) is 7.22. The summed E-state index contributed by atoms with van der Waals surface area (Å²) in [6, 6.07) is 14.8. The van der Waals surface area contributed by atoms with Crippen LogP contribution in [-0.4, -0.2) is 5.78 Å². The van der Waals surface area contributed by atoms with Crippen molar-refractivity contribution < 1.29 is 4.79 Å². The molecule has 20 heavy (non-hydrogen) atoms. The molecule has 1 nitrogen and oxygen atoms in total. The molecule has 0 atom stereocenters. The van der Waals surface area contributed by atoms with Crippen LogP contribution in [0.2, 0.25) is 0 Å². The highest BCUT2D eigenvalue weighted by atomic mass is 16.1. The third-order valence-corrected chi connectivity index (χ3v) is 3.64. The molecule has 0 bridgehead atoms. The molecule has 104 valence electrons. The van der Waals surface area contributed by atoms with E-state index in [1.54, 1.807) is 6.92 Å². The van der Waals surface area contributed by atoms with Crippen LogP contribution in [0.3, 0.4) is 0 Å². The average Bonchev–Trinajstić information content (AvgIpc) is 2.40. The zero-order valence-corrected chi connectivity index (χ0v) is 12.6. The molecular formula is C19H22O. The molecule has 0 aromatic heterocycles. The summed E-state index contributed by atoms with van der Waals surface area (Å²) in [5.74, 6) is 0.166. The number of hydrogen-bond donors (Lipinski definition) is 0. The van der Waals surface area contributed by atoms with Crippen LogP contribution in [0.4, 0.5) is 0 Å². The standard InChI is InChI=1S/C19H22O/c1-14-6-4-7-17(12-14)8-5-9-18-11-10-15(2)13-19(18)16(3)20/h4,6-7,10-13H,5,8-9H2,1-3H3. The van der Waals surface area contributed by atoms with E-state index in [0.717, 1.165) is 30.4 Å². The first-order chi connectivity index (χ1) is 9.56. The van der Waals surface area contributed by atoms with E-state index < -0.39 is 0 Å². The highest BCUT2D eigenvalue weighted by molar-refractivity contribution is 5.95. The summed E-state index contributed by atoms with van der Waals surface area (Å²) in [5, 5.41) is 0. The Bertz CT molecular complexity index is 611. The largest absolute Gasteiger partial charge is 0.295 e. The molecule has 2 aromatic carbocycles. The predicted octanol–water partition coefficient (Wildman–Crippen LogP) is 4.68. The van der Waals surface area contributed by atoms with Gasteiger partial charge in [-0.3, -0.25) is 4.79 Å². The third kappa shape index (κ3) is 3.80. The van der Waals surface area contributed by atoms with Crippen molar-refractivity contribution in [2.45, 2.75) is 40.0 Å².